The predicted octanol–water partition coefficient (Wildman–Crippen LogP) is 3.32. The van der Waals surface area contributed by atoms with E-state index in [0.29, 0.717) is 4.88 Å². The third kappa shape index (κ3) is 3.23. The van der Waals surface area contributed by atoms with Gasteiger partial charge >= 0.3 is 0 Å². The van der Waals surface area contributed by atoms with Crippen LogP contribution in [0.4, 0.5) is 5.69 Å². The normalized spacial score (nSPS) is 19.0. The Morgan fingerprint density at radius 1 is 1.22 bits per heavy atom. The zero-order valence-corrected chi connectivity index (χ0v) is 14.5. The Kier molecular flexibility index (Phi) is 4.12. The fourth-order valence-electron chi connectivity index (χ4n) is 2.57. The molecular weight excluding hydrogens is 330 g/mol. The number of carbonyl (C=O) groups is 1. The maximum Gasteiger partial charge on any atom is 0.268 e. The Morgan fingerprint density at radius 2 is 2.00 bits per heavy atom. The number of nitrogens with zero attached hydrogens (tertiary/aromatic N) is 1. The first-order chi connectivity index (χ1) is 10.9. The van der Waals surface area contributed by atoms with Gasteiger partial charge in [-0.2, -0.15) is 0 Å². The molecule has 2 aromatic rings. The van der Waals surface area contributed by atoms with E-state index in [1.807, 2.05) is 43.5 Å². The van der Waals surface area contributed by atoms with Crippen LogP contribution in [-0.4, -0.2) is 26.1 Å². The van der Waals surface area contributed by atoms with Crippen LogP contribution in [0, 0.1) is 13.8 Å². The molecular formula is C17H17NO3S2. The minimum absolute atomic E-state index is 0.0724. The number of sulfone groups is 1. The van der Waals surface area contributed by atoms with Crippen molar-refractivity contribution in [2.45, 2.75) is 19.9 Å². The topological polar surface area (TPSA) is 54.5 Å². The molecule has 0 spiro atoms. The molecule has 2 heterocycles. The van der Waals surface area contributed by atoms with Crippen LogP contribution in [0.25, 0.3) is 0 Å². The molecule has 3 rings (SSSR count). The summed E-state index contributed by atoms with van der Waals surface area (Å²) in [6.07, 6.45) is 1.59. The van der Waals surface area contributed by atoms with Crippen LogP contribution in [0.1, 0.15) is 20.8 Å². The molecule has 1 aliphatic rings. The van der Waals surface area contributed by atoms with Gasteiger partial charge in [0.1, 0.15) is 0 Å². The molecule has 1 aromatic carbocycles. The second kappa shape index (κ2) is 5.94. The third-order valence-corrected chi connectivity index (χ3v) is 6.20. The Bertz CT molecular complexity index is 867. The number of rotatable bonds is 3. The molecule has 0 aliphatic carbocycles. The van der Waals surface area contributed by atoms with E-state index in [2.05, 4.69) is 0 Å². The van der Waals surface area contributed by atoms with Crippen LogP contribution in [0.15, 0.2) is 47.2 Å². The van der Waals surface area contributed by atoms with Gasteiger partial charge in [0.15, 0.2) is 9.84 Å². The van der Waals surface area contributed by atoms with Crippen LogP contribution >= 0.6 is 11.3 Å². The van der Waals surface area contributed by atoms with E-state index >= 15 is 0 Å². The molecule has 0 saturated carbocycles. The summed E-state index contributed by atoms with van der Waals surface area (Å²) in [6.45, 7) is 3.98. The number of thiophene rings is 1. The van der Waals surface area contributed by atoms with Crippen molar-refractivity contribution in [3.63, 3.8) is 0 Å². The number of amides is 1. The van der Waals surface area contributed by atoms with Crippen LogP contribution in [0.2, 0.25) is 0 Å². The molecule has 0 saturated heterocycles. The first-order valence-corrected chi connectivity index (χ1v) is 9.82. The quantitative estimate of drug-likeness (QED) is 0.856. The van der Waals surface area contributed by atoms with E-state index in [1.54, 1.807) is 17.0 Å². The highest BCUT2D eigenvalue weighted by molar-refractivity contribution is 7.94. The summed E-state index contributed by atoms with van der Waals surface area (Å²) in [6, 6.07) is 8.85. The lowest BCUT2D eigenvalue weighted by atomic mass is 10.1. The SMILES string of the molecule is Cc1ccc(N(C(=O)c2cccs2)C2C=CS(=O)(=O)C2)cc1C. The number of aryl methyl sites for hydroxylation is 2. The van der Waals surface area contributed by atoms with Gasteiger partial charge < -0.3 is 0 Å². The number of hydrogen-bond donors (Lipinski definition) is 0. The summed E-state index contributed by atoms with van der Waals surface area (Å²) >= 11 is 1.36. The zero-order valence-electron chi connectivity index (χ0n) is 12.9. The summed E-state index contributed by atoms with van der Waals surface area (Å²) in [5, 5.41) is 3.04. The van der Waals surface area contributed by atoms with Crippen molar-refractivity contribution in [1.82, 2.24) is 0 Å². The molecule has 1 unspecified atom stereocenters. The Labute approximate surface area is 140 Å². The Hall–Kier alpha value is -1.92. The van der Waals surface area contributed by atoms with Gasteiger partial charge in [-0.15, -0.1) is 11.3 Å². The number of anilines is 1. The highest BCUT2D eigenvalue weighted by Crippen LogP contribution is 2.27. The fourth-order valence-corrected chi connectivity index (χ4v) is 4.50. The van der Waals surface area contributed by atoms with Gasteiger partial charge in [-0.25, -0.2) is 8.42 Å². The highest BCUT2D eigenvalue weighted by atomic mass is 32.2. The summed E-state index contributed by atoms with van der Waals surface area (Å²) in [5.74, 6) is -0.244. The van der Waals surface area contributed by atoms with E-state index in [4.69, 9.17) is 0 Å². The number of hydrogen-bond acceptors (Lipinski definition) is 4. The maximum atomic E-state index is 12.9. The van der Waals surface area contributed by atoms with Crippen molar-refractivity contribution < 1.29 is 13.2 Å². The fraction of sp³-hybridized carbons (Fsp3) is 0.235. The molecule has 1 atom stereocenters. The molecule has 1 aliphatic heterocycles. The molecule has 120 valence electrons. The van der Waals surface area contributed by atoms with E-state index in [1.165, 1.54) is 16.7 Å². The Morgan fingerprint density at radius 3 is 2.57 bits per heavy atom. The molecule has 4 nitrogen and oxygen atoms in total. The summed E-state index contributed by atoms with van der Waals surface area (Å²) in [5.41, 5.74) is 2.92. The molecule has 0 radical (unpaired) electrons. The van der Waals surface area contributed by atoms with Gasteiger partial charge in [-0.05, 0) is 54.6 Å². The van der Waals surface area contributed by atoms with E-state index in [-0.39, 0.29) is 11.7 Å². The van der Waals surface area contributed by atoms with E-state index in [9.17, 15) is 13.2 Å². The lowest BCUT2D eigenvalue weighted by molar-refractivity contribution is 0.0987. The number of benzene rings is 1. The van der Waals surface area contributed by atoms with Crippen LogP contribution in [0.3, 0.4) is 0 Å². The Balaban J connectivity index is 2.05. The van der Waals surface area contributed by atoms with Gasteiger partial charge in [0.05, 0.1) is 16.7 Å². The molecule has 0 fully saturated rings. The largest absolute Gasteiger partial charge is 0.300 e. The third-order valence-electron chi connectivity index (χ3n) is 3.96. The second-order valence-electron chi connectivity index (χ2n) is 5.65. The van der Waals surface area contributed by atoms with Crippen LogP contribution in [-0.2, 0) is 9.84 Å². The monoisotopic (exact) mass is 347 g/mol. The minimum Gasteiger partial charge on any atom is -0.300 e. The maximum absolute atomic E-state index is 12.9. The molecule has 1 amide bonds. The molecule has 23 heavy (non-hydrogen) atoms. The van der Waals surface area contributed by atoms with Crippen molar-refractivity contribution in [2.75, 3.05) is 10.7 Å². The van der Waals surface area contributed by atoms with Crippen LogP contribution in [0.5, 0.6) is 0 Å². The minimum atomic E-state index is -3.24. The first-order valence-electron chi connectivity index (χ1n) is 7.23. The van der Waals surface area contributed by atoms with Gasteiger partial charge in [-0.1, -0.05) is 12.1 Å². The number of carbonyl (C=O) groups excluding carboxylic acids is 1. The lowest BCUT2D eigenvalue weighted by Gasteiger charge is -2.27. The van der Waals surface area contributed by atoms with Crippen molar-refractivity contribution in [3.8, 4) is 0 Å². The summed E-state index contributed by atoms with van der Waals surface area (Å²) in [7, 11) is -3.24. The van der Waals surface area contributed by atoms with Crippen LogP contribution < -0.4 is 4.90 Å². The average Bonchev–Trinajstić information content (AvgIpc) is 3.13. The molecule has 6 heteroatoms. The lowest BCUT2D eigenvalue weighted by Crippen LogP contribution is -2.41. The van der Waals surface area contributed by atoms with Crippen molar-refractivity contribution in [2.24, 2.45) is 0 Å². The standard InChI is InChI=1S/C17H17NO3S2/c1-12-5-6-14(10-13(12)2)18(15-7-9-23(20,21)11-15)17(19)16-4-3-8-22-16/h3-10,15H,11H2,1-2H3. The van der Waals surface area contributed by atoms with E-state index in [0.717, 1.165) is 16.8 Å². The zero-order chi connectivity index (χ0) is 16.6. The molecule has 0 N–H and O–H groups in total. The molecule has 1 aromatic heterocycles. The summed E-state index contributed by atoms with van der Waals surface area (Å²) < 4.78 is 23.6. The predicted molar refractivity (Wildman–Crippen MR) is 93.8 cm³/mol. The van der Waals surface area contributed by atoms with Gasteiger partial charge in [0, 0.05) is 11.1 Å². The van der Waals surface area contributed by atoms with Crippen molar-refractivity contribution in [1.29, 1.82) is 0 Å². The van der Waals surface area contributed by atoms with E-state index < -0.39 is 15.9 Å². The first kappa shape index (κ1) is 16.0. The highest BCUT2D eigenvalue weighted by Gasteiger charge is 2.32. The van der Waals surface area contributed by atoms with Crippen molar-refractivity contribution in [3.05, 3.63) is 63.2 Å². The van der Waals surface area contributed by atoms with Gasteiger partial charge in [0.2, 0.25) is 0 Å². The smallest absolute Gasteiger partial charge is 0.268 e. The second-order valence-corrected chi connectivity index (χ2v) is 8.53. The van der Waals surface area contributed by atoms with Gasteiger partial charge in [0.25, 0.3) is 5.91 Å². The van der Waals surface area contributed by atoms with Crippen molar-refractivity contribution >= 4 is 32.8 Å². The molecule has 0 bridgehead atoms. The average molecular weight is 347 g/mol. The van der Waals surface area contributed by atoms with Gasteiger partial charge in [-0.3, -0.25) is 9.69 Å². The summed E-state index contributed by atoms with van der Waals surface area (Å²) in [4.78, 5) is 15.1.